The predicted octanol–water partition coefficient (Wildman–Crippen LogP) is 7.07. The van der Waals surface area contributed by atoms with Gasteiger partial charge in [0, 0.05) is 17.8 Å². The molecule has 0 saturated carbocycles. The first-order chi connectivity index (χ1) is 19.5. The molecule has 2 bridgehead atoms. The molecule has 0 saturated heterocycles. The Kier molecular flexibility index (Phi) is 5.76. The van der Waals surface area contributed by atoms with Gasteiger partial charge in [0.15, 0.2) is 0 Å². The Labute approximate surface area is 233 Å². The molecule has 0 spiro atoms. The van der Waals surface area contributed by atoms with Crippen LogP contribution < -0.4 is 11.1 Å². The van der Waals surface area contributed by atoms with E-state index in [0.29, 0.717) is 17.9 Å². The summed E-state index contributed by atoms with van der Waals surface area (Å²) in [5, 5.41) is 3.07. The number of amides is 1. The molecule has 0 aliphatic carbocycles. The van der Waals surface area contributed by atoms with Gasteiger partial charge in [-0.25, -0.2) is 4.98 Å². The number of rotatable bonds is 5. The van der Waals surface area contributed by atoms with Gasteiger partial charge in [0.2, 0.25) is 0 Å². The van der Waals surface area contributed by atoms with Gasteiger partial charge < -0.3 is 15.8 Å². The lowest BCUT2D eigenvalue weighted by Crippen LogP contribution is -2.24. The van der Waals surface area contributed by atoms with E-state index in [1.54, 1.807) is 0 Å². The molecule has 7 rings (SSSR count). The van der Waals surface area contributed by atoms with Gasteiger partial charge >= 0.3 is 0 Å². The summed E-state index contributed by atoms with van der Waals surface area (Å²) in [5.74, 6) is 0.371. The molecule has 3 N–H and O–H groups in total. The molecular weight excluding hydrogens is 494 g/mol. The Morgan fingerprint density at radius 3 is 1.95 bits per heavy atom. The molecule has 2 unspecified atom stereocenters. The number of ether oxygens (including phenoxy) is 1. The molecule has 2 atom stereocenters. The summed E-state index contributed by atoms with van der Waals surface area (Å²) in [6, 6.07) is 33.4. The van der Waals surface area contributed by atoms with Gasteiger partial charge in [-0.1, -0.05) is 66.7 Å². The van der Waals surface area contributed by atoms with Crippen LogP contribution in [-0.2, 0) is 11.3 Å². The third-order valence-electron chi connectivity index (χ3n) is 8.14. The van der Waals surface area contributed by atoms with Crippen LogP contribution in [0.2, 0.25) is 0 Å². The van der Waals surface area contributed by atoms with Crippen molar-refractivity contribution in [2.45, 2.75) is 32.6 Å². The van der Waals surface area contributed by atoms with Crippen molar-refractivity contribution in [2.24, 2.45) is 0 Å². The number of nitrogens with zero attached hydrogens (tertiary/aromatic N) is 1. The van der Waals surface area contributed by atoms with Crippen molar-refractivity contribution >= 4 is 11.7 Å². The highest BCUT2D eigenvalue weighted by atomic mass is 16.5. The molecule has 4 aromatic carbocycles. The largest absolute Gasteiger partial charge is 0.384 e. The minimum atomic E-state index is -0.194. The normalized spacial score (nSPS) is 16.4. The number of nitrogen functional groups attached to an aromatic ring is 1. The molecule has 5 heteroatoms. The summed E-state index contributed by atoms with van der Waals surface area (Å²) >= 11 is 0. The SMILES string of the molecule is Cc1cc(N)nc(C)c1CNC(=O)c1ccc2c(c1)C1OC2c2cc(-c3ccccc3)c(-c3ccccc3)cc21. The Hall–Kier alpha value is -4.74. The molecular formula is C35H29N3O2. The van der Waals surface area contributed by atoms with E-state index in [-0.39, 0.29) is 18.1 Å². The average Bonchev–Trinajstić information content (AvgIpc) is 3.53. The number of fused-ring (bicyclic) bond motifs is 8. The summed E-state index contributed by atoms with van der Waals surface area (Å²) in [6.45, 7) is 4.30. The number of nitrogens with one attached hydrogen (secondary N) is 1. The van der Waals surface area contributed by atoms with E-state index in [0.717, 1.165) is 27.9 Å². The lowest BCUT2D eigenvalue weighted by atomic mass is 9.81. The first-order valence-corrected chi connectivity index (χ1v) is 13.6. The van der Waals surface area contributed by atoms with E-state index < -0.39 is 0 Å². The van der Waals surface area contributed by atoms with E-state index in [4.69, 9.17) is 10.5 Å². The Balaban J connectivity index is 1.22. The van der Waals surface area contributed by atoms with Gasteiger partial charge in [-0.15, -0.1) is 0 Å². The van der Waals surface area contributed by atoms with E-state index in [1.807, 2.05) is 50.2 Å². The second-order valence-electron chi connectivity index (χ2n) is 10.6. The summed E-state index contributed by atoms with van der Waals surface area (Å²) in [4.78, 5) is 17.5. The first-order valence-electron chi connectivity index (χ1n) is 13.6. The van der Waals surface area contributed by atoms with Crippen LogP contribution >= 0.6 is 0 Å². The smallest absolute Gasteiger partial charge is 0.251 e. The van der Waals surface area contributed by atoms with Gasteiger partial charge in [-0.2, -0.15) is 0 Å². The maximum atomic E-state index is 13.2. The summed E-state index contributed by atoms with van der Waals surface area (Å²) in [7, 11) is 0. The van der Waals surface area contributed by atoms with Crippen molar-refractivity contribution in [1.29, 1.82) is 0 Å². The van der Waals surface area contributed by atoms with Crippen molar-refractivity contribution in [3.63, 3.8) is 0 Å². The van der Waals surface area contributed by atoms with Crippen LogP contribution in [0.4, 0.5) is 5.82 Å². The van der Waals surface area contributed by atoms with Crippen LogP contribution in [0.1, 0.15) is 61.6 Å². The van der Waals surface area contributed by atoms with Crippen LogP contribution in [0.25, 0.3) is 22.3 Å². The topological polar surface area (TPSA) is 77.2 Å². The van der Waals surface area contributed by atoms with Gasteiger partial charge in [-0.05, 0) is 99.8 Å². The number of nitrogens with two attached hydrogens (primary N) is 1. The average molecular weight is 524 g/mol. The zero-order valence-corrected chi connectivity index (χ0v) is 22.4. The maximum absolute atomic E-state index is 13.2. The fourth-order valence-corrected chi connectivity index (χ4v) is 6.17. The van der Waals surface area contributed by atoms with E-state index >= 15 is 0 Å². The number of hydrogen-bond donors (Lipinski definition) is 2. The molecule has 1 aromatic heterocycles. The zero-order chi connectivity index (χ0) is 27.4. The lowest BCUT2D eigenvalue weighted by Gasteiger charge is -2.20. The van der Waals surface area contributed by atoms with Gasteiger partial charge in [0.25, 0.3) is 5.91 Å². The second-order valence-corrected chi connectivity index (χ2v) is 10.6. The molecule has 5 nitrogen and oxygen atoms in total. The predicted molar refractivity (Wildman–Crippen MR) is 158 cm³/mol. The molecule has 196 valence electrons. The Morgan fingerprint density at radius 2 is 1.35 bits per heavy atom. The lowest BCUT2D eigenvalue weighted by molar-refractivity contribution is 0.0857. The minimum Gasteiger partial charge on any atom is -0.384 e. The van der Waals surface area contributed by atoms with Crippen LogP contribution in [0.5, 0.6) is 0 Å². The van der Waals surface area contributed by atoms with Crippen molar-refractivity contribution in [1.82, 2.24) is 10.3 Å². The van der Waals surface area contributed by atoms with Crippen molar-refractivity contribution in [2.75, 3.05) is 5.73 Å². The molecule has 0 radical (unpaired) electrons. The van der Waals surface area contributed by atoms with Crippen molar-refractivity contribution in [3.8, 4) is 22.3 Å². The summed E-state index contributed by atoms with van der Waals surface area (Å²) in [5.41, 5.74) is 18.6. The zero-order valence-electron chi connectivity index (χ0n) is 22.4. The monoisotopic (exact) mass is 523 g/mol. The van der Waals surface area contributed by atoms with Crippen LogP contribution in [0, 0.1) is 13.8 Å². The number of carbonyl (C=O) groups excluding carboxylic acids is 1. The Morgan fingerprint density at radius 1 is 0.775 bits per heavy atom. The molecule has 1 amide bonds. The third-order valence-corrected chi connectivity index (χ3v) is 8.14. The molecule has 0 fully saturated rings. The fraction of sp³-hybridized carbons (Fsp3) is 0.143. The fourth-order valence-electron chi connectivity index (χ4n) is 6.17. The standard InChI is InChI=1S/C35H29N3O2/c1-20-15-32(36)38-21(2)31(20)19-37-35(39)24-13-14-25-28(16-24)34-30-18-27(23-11-7-4-8-12-23)26(17-29(30)33(25)40-34)22-9-5-3-6-10-22/h3-18,33-34H,19H2,1-2H3,(H2,36,38)(H,37,39). The van der Waals surface area contributed by atoms with Crippen molar-refractivity contribution in [3.05, 3.63) is 142 Å². The molecule has 5 aromatic rings. The Bertz CT molecular complexity index is 1760. The number of aromatic nitrogens is 1. The van der Waals surface area contributed by atoms with Gasteiger partial charge in [0.05, 0.1) is 0 Å². The van der Waals surface area contributed by atoms with Crippen LogP contribution in [-0.4, -0.2) is 10.9 Å². The number of anilines is 1. The molecule has 2 aliphatic rings. The molecule has 40 heavy (non-hydrogen) atoms. The van der Waals surface area contributed by atoms with Crippen molar-refractivity contribution < 1.29 is 9.53 Å². The number of hydrogen-bond acceptors (Lipinski definition) is 4. The highest BCUT2D eigenvalue weighted by Crippen LogP contribution is 2.56. The van der Waals surface area contributed by atoms with Crippen LogP contribution in [0.15, 0.2) is 97.1 Å². The highest BCUT2D eigenvalue weighted by molar-refractivity contribution is 5.95. The van der Waals surface area contributed by atoms with E-state index in [1.165, 1.54) is 33.4 Å². The van der Waals surface area contributed by atoms with Crippen LogP contribution in [0.3, 0.4) is 0 Å². The number of aryl methyl sites for hydroxylation is 2. The van der Waals surface area contributed by atoms with Gasteiger partial charge in [-0.3, -0.25) is 4.79 Å². The molecule has 2 aliphatic heterocycles. The maximum Gasteiger partial charge on any atom is 0.251 e. The van der Waals surface area contributed by atoms with E-state index in [9.17, 15) is 4.79 Å². The summed E-state index contributed by atoms with van der Waals surface area (Å²) in [6.07, 6.45) is -0.327. The molecule has 3 heterocycles. The number of carbonyl (C=O) groups is 1. The second kappa shape index (κ2) is 9.47. The third kappa shape index (κ3) is 3.98. The quantitative estimate of drug-likeness (QED) is 0.258. The van der Waals surface area contributed by atoms with Gasteiger partial charge in [0.1, 0.15) is 18.0 Å². The minimum absolute atomic E-state index is 0.120. The highest BCUT2D eigenvalue weighted by Gasteiger charge is 2.43. The summed E-state index contributed by atoms with van der Waals surface area (Å²) < 4.78 is 6.55. The number of pyridine rings is 1. The first kappa shape index (κ1) is 24.3. The number of benzene rings is 4. The van der Waals surface area contributed by atoms with E-state index in [2.05, 4.69) is 71.0 Å².